The molecule has 4 nitrogen and oxygen atoms in total. The van der Waals surface area contributed by atoms with E-state index in [-0.39, 0.29) is 17.0 Å². The molecule has 0 bridgehead atoms. The average molecular weight is 372 g/mol. The summed E-state index contributed by atoms with van der Waals surface area (Å²) >= 11 is 0. The number of benzene rings is 2. The van der Waals surface area contributed by atoms with Crippen molar-refractivity contribution in [2.75, 3.05) is 10.6 Å². The van der Waals surface area contributed by atoms with E-state index in [0.717, 1.165) is 17.7 Å². The van der Waals surface area contributed by atoms with Crippen LogP contribution in [0.4, 0.5) is 20.2 Å². The molecule has 2 N–H and O–H groups in total. The molecule has 3 rings (SSSR count). The molecule has 0 radical (unpaired) electrons. The molecule has 1 fully saturated rings. The van der Waals surface area contributed by atoms with Gasteiger partial charge in [-0.25, -0.2) is 8.78 Å². The summed E-state index contributed by atoms with van der Waals surface area (Å²) in [6.45, 7) is 6.33. The van der Waals surface area contributed by atoms with Crippen LogP contribution >= 0.6 is 0 Å². The van der Waals surface area contributed by atoms with Crippen molar-refractivity contribution >= 4 is 23.2 Å². The van der Waals surface area contributed by atoms with Crippen LogP contribution in [0.1, 0.15) is 32.8 Å². The lowest BCUT2D eigenvalue weighted by Gasteiger charge is -2.19. The predicted molar refractivity (Wildman–Crippen MR) is 100 cm³/mol. The number of hydrogen-bond donors (Lipinski definition) is 2. The van der Waals surface area contributed by atoms with Gasteiger partial charge in [0.2, 0.25) is 11.8 Å². The Hall–Kier alpha value is -2.76. The predicted octanol–water partition coefficient (Wildman–Crippen LogP) is 4.48. The van der Waals surface area contributed by atoms with Crippen LogP contribution in [0.2, 0.25) is 0 Å². The van der Waals surface area contributed by atoms with Crippen LogP contribution in [-0.4, -0.2) is 11.8 Å². The molecule has 0 heterocycles. The molecular weight excluding hydrogens is 350 g/mol. The fourth-order valence-corrected chi connectivity index (χ4v) is 2.88. The summed E-state index contributed by atoms with van der Waals surface area (Å²) in [6.07, 6.45) is 0.403. The third-order valence-electron chi connectivity index (χ3n) is 4.67. The molecule has 142 valence electrons. The summed E-state index contributed by atoms with van der Waals surface area (Å²) in [5.41, 5.74) is 1.76. The molecule has 27 heavy (non-hydrogen) atoms. The Morgan fingerprint density at radius 1 is 0.926 bits per heavy atom. The number of carbonyl (C=O) groups is 2. The van der Waals surface area contributed by atoms with Crippen LogP contribution in [0.5, 0.6) is 0 Å². The van der Waals surface area contributed by atoms with Gasteiger partial charge in [-0.3, -0.25) is 9.59 Å². The molecule has 0 aliphatic heterocycles. The molecule has 0 aromatic heterocycles. The highest BCUT2D eigenvalue weighted by Gasteiger charge is 2.48. The largest absolute Gasteiger partial charge is 0.326 e. The van der Waals surface area contributed by atoms with E-state index in [0.29, 0.717) is 18.2 Å². The summed E-state index contributed by atoms with van der Waals surface area (Å²) in [6, 6.07) is 10.5. The van der Waals surface area contributed by atoms with Gasteiger partial charge in [0.15, 0.2) is 0 Å². The molecule has 2 aromatic carbocycles. The minimum atomic E-state index is -0.844. The number of rotatable bonds is 4. The summed E-state index contributed by atoms with van der Waals surface area (Å²) in [4.78, 5) is 24.5. The summed E-state index contributed by atoms with van der Waals surface area (Å²) < 4.78 is 26.5. The maximum absolute atomic E-state index is 13.6. The van der Waals surface area contributed by atoms with E-state index in [9.17, 15) is 18.4 Å². The zero-order chi connectivity index (χ0) is 19.8. The Labute approximate surface area is 157 Å². The first kappa shape index (κ1) is 19.0. The zero-order valence-corrected chi connectivity index (χ0v) is 15.5. The van der Waals surface area contributed by atoms with E-state index in [4.69, 9.17) is 0 Å². The van der Waals surface area contributed by atoms with Gasteiger partial charge < -0.3 is 10.6 Å². The second kappa shape index (κ2) is 7.10. The molecular formula is C21H22F2N2O2. The number of hydrogen-bond acceptors (Lipinski definition) is 2. The lowest BCUT2D eigenvalue weighted by molar-refractivity contribution is -0.122. The van der Waals surface area contributed by atoms with Crippen molar-refractivity contribution in [1.82, 2.24) is 0 Å². The number of carbonyl (C=O) groups excluding carboxylic acids is 2. The maximum atomic E-state index is 13.6. The smallest absolute Gasteiger partial charge is 0.228 e. The van der Waals surface area contributed by atoms with Gasteiger partial charge in [-0.15, -0.1) is 0 Å². The lowest BCUT2D eigenvalue weighted by Crippen LogP contribution is -2.21. The van der Waals surface area contributed by atoms with Gasteiger partial charge in [-0.05, 0) is 41.7 Å². The quantitative estimate of drug-likeness (QED) is 0.832. The second-order valence-electron chi connectivity index (χ2n) is 7.88. The first-order valence-electron chi connectivity index (χ1n) is 8.82. The standard InChI is InChI=1S/C21H22F2N2O2/c1-21(2,3)12-4-7-14(8-5-12)24-19(26)15-11-16(15)20(27)25-18-9-6-13(22)10-17(18)23/h4-10,15-16H,11H2,1-3H3,(H,24,26)(H,25,27). The number of amides is 2. The number of nitrogens with one attached hydrogen (secondary N) is 2. The van der Waals surface area contributed by atoms with E-state index < -0.39 is 29.4 Å². The van der Waals surface area contributed by atoms with Crippen molar-refractivity contribution < 1.29 is 18.4 Å². The van der Waals surface area contributed by atoms with Gasteiger partial charge >= 0.3 is 0 Å². The lowest BCUT2D eigenvalue weighted by atomic mass is 9.87. The maximum Gasteiger partial charge on any atom is 0.228 e. The van der Waals surface area contributed by atoms with E-state index in [2.05, 4.69) is 31.4 Å². The molecule has 1 saturated carbocycles. The van der Waals surface area contributed by atoms with Gasteiger partial charge in [-0.1, -0.05) is 32.9 Å². The Kier molecular flexibility index (Phi) is 5.00. The van der Waals surface area contributed by atoms with Gasteiger partial charge in [0.05, 0.1) is 17.5 Å². The van der Waals surface area contributed by atoms with Crippen LogP contribution in [0.3, 0.4) is 0 Å². The van der Waals surface area contributed by atoms with Crippen LogP contribution < -0.4 is 10.6 Å². The zero-order valence-electron chi connectivity index (χ0n) is 15.5. The Morgan fingerprint density at radius 2 is 1.52 bits per heavy atom. The SMILES string of the molecule is CC(C)(C)c1ccc(NC(=O)C2CC2C(=O)Nc2ccc(F)cc2F)cc1. The Balaban J connectivity index is 1.56. The molecule has 1 aliphatic carbocycles. The summed E-state index contributed by atoms with van der Waals surface area (Å²) in [5, 5.41) is 5.22. The average Bonchev–Trinajstić information content (AvgIpc) is 3.38. The molecule has 2 unspecified atom stereocenters. The molecule has 0 spiro atoms. The van der Waals surface area contributed by atoms with Crippen molar-refractivity contribution in [1.29, 1.82) is 0 Å². The second-order valence-corrected chi connectivity index (χ2v) is 7.88. The highest BCUT2D eigenvalue weighted by atomic mass is 19.1. The van der Waals surface area contributed by atoms with Crippen molar-refractivity contribution in [3.05, 3.63) is 59.7 Å². The number of anilines is 2. The molecule has 6 heteroatoms. The fraction of sp³-hybridized carbons (Fsp3) is 0.333. The minimum absolute atomic E-state index is 0.0256. The van der Waals surface area contributed by atoms with Gasteiger partial charge in [-0.2, -0.15) is 0 Å². The van der Waals surface area contributed by atoms with E-state index in [1.54, 1.807) is 0 Å². The molecule has 0 saturated heterocycles. The molecule has 2 aromatic rings. The topological polar surface area (TPSA) is 58.2 Å². The number of halogens is 2. The van der Waals surface area contributed by atoms with Crippen LogP contribution in [0, 0.1) is 23.5 Å². The van der Waals surface area contributed by atoms with Crippen LogP contribution in [0.25, 0.3) is 0 Å². The van der Waals surface area contributed by atoms with E-state index in [1.807, 2.05) is 24.3 Å². The van der Waals surface area contributed by atoms with Crippen LogP contribution in [-0.2, 0) is 15.0 Å². The van der Waals surface area contributed by atoms with Gasteiger partial charge in [0.1, 0.15) is 11.6 Å². The molecule has 2 atom stereocenters. The van der Waals surface area contributed by atoms with Gasteiger partial charge in [0.25, 0.3) is 0 Å². The van der Waals surface area contributed by atoms with Crippen molar-refractivity contribution in [2.45, 2.75) is 32.6 Å². The summed E-state index contributed by atoms with van der Waals surface area (Å²) in [7, 11) is 0. The van der Waals surface area contributed by atoms with Crippen molar-refractivity contribution in [2.24, 2.45) is 11.8 Å². The fourth-order valence-electron chi connectivity index (χ4n) is 2.88. The van der Waals surface area contributed by atoms with Crippen molar-refractivity contribution in [3.8, 4) is 0 Å². The monoisotopic (exact) mass is 372 g/mol. The highest BCUT2D eigenvalue weighted by Crippen LogP contribution is 2.40. The van der Waals surface area contributed by atoms with Gasteiger partial charge in [0, 0.05) is 11.8 Å². The van der Waals surface area contributed by atoms with E-state index in [1.165, 1.54) is 0 Å². The molecule has 1 aliphatic rings. The van der Waals surface area contributed by atoms with Crippen molar-refractivity contribution in [3.63, 3.8) is 0 Å². The highest BCUT2D eigenvalue weighted by molar-refractivity contribution is 6.03. The first-order chi connectivity index (χ1) is 12.6. The first-order valence-corrected chi connectivity index (χ1v) is 8.82. The Bertz CT molecular complexity index is 873. The minimum Gasteiger partial charge on any atom is -0.326 e. The molecule has 2 amide bonds. The Morgan fingerprint density at radius 3 is 2.07 bits per heavy atom. The third-order valence-corrected chi connectivity index (χ3v) is 4.67. The van der Waals surface area contributed by atoms with Crippen LogP contribution in [0.15, 0.2) is 42.5 Å². The summed E-state index contributed by atoms with van der Waals surface area (Å²) in [5.74, 6) is -3.20. The normalized spacial score (nSPS) is 18.7. The third kappa shape index (κ3) is 4.51. The van der Waals surface area contributed by atoms with E-state index >= 15 is 0 Å².